The summed E-state index contributed by atoms with van der Waals surface area (Å²) in [5.74, 6) is -1.01. The van der Waals surface area contributed by atoms with Crippen molar-refractivity contribution >= 4 is 17.4 Å². The SMILES string of the molecule is COC(=O)c1ccc(OC(C)C(C)=O)c([N+](=O)[O-])c1. The summed E-state index contributed by atoms with van der Waals surface area (Å²) in [7, 11) is 1.18. The van der Waals surface area contributed by atoms with Crippen LogP contribution < -0.4 is 4.74 Å². The Labute approximate surface area is 109 Å². The molecule has 0 aliphatic heterocycles. The van der Waals surface area contributed by atoms with E-state index in [4.69, 9.17) is 4.74 Å². The first-order chi connectivity index (χ1) is 8.86. The van der Waals surface area contributed by atoms with Crippen LogP contribution in [0.5, 0.6) is 5.75 Å². The van der Waals surface area contributed by atoms with E-state index in [1.54, 1.807) is 0 Å². The molecule has 1 aromatic carbocycles. The lowest BCUT2D eigenvalue weighted by atomic mass is 10.2. The summed E-state index contributed by atoms with van der Waals surface area (Å²) >= 11 is 0. The van der Waals surface area contributed by atoms with Gasteiger partial charge in [0.25, 0.3) is 0 Å². The largest absolute Gasteiger partial charge is 0.476 e. The van der Waals surface area contributed by atoms with E-state index in [-0.39, 0.29) is 17.1 Å². The van der Waals surface area contributed by atoms with E-state index in [1.807, 2.05) is 0 Å². The zero-order valence-corrected chi connectivity index (χ0v) is 10.7. The standard InChI is InChI=1S/C12H13NO6/c1-7(14)8(2)19-11-5-4-9(12(15)18-3)6-10(11)13(16)17/h4-6,8H,1-3H3. The monoisotopic (exact) mass is 267 g/mol. The van der Waals surface area contributed by atoms with Crippen molar-refractivity contribution < 1.29 is 24.0 Å². The molecule has 0 radical (unpaired) electrons. The second-order valence-electron chi connectivity index (χ2n) is 3.80. The summed E-state index contributed by atoms with van der Waals surface area (Å²) in [6, 6.07) is 3.65. The van der Waals surface area contributed by atoms with Gasteiger partial charge in [0, 0.05) is 6.07 Å². The number of ether oxygens (including phenoxy) is 2. The molecule has 0 saturated heterocycles. The summed E-state index contributed by atoms with van der Waals surface area (Å²) in [6.45, 7) is 2.81. The third kappa shape index (κ3) is 3.51. The summed E-state index contributed by atoms with van der Waals surface area (Å²) in [4.78, 5) is 32.6. The van der Waals surface area contributed by atoms with E-state index in [0.29, 0.717) is 0 Å². The molecule has 1 unspecified atom stereocenters. The van der Waals surface area contributed by atoms with E-state index in [0.717, 1.165) is 6.07 Å². The Morgan fingerprint density at radius 3 is 2.47 bits per heavy atom. The number of ketones is 1. The van der Waals surface area contributed by atoms with Crippen LogP contribution in [0.4, 0.5) is 5.69 Å². The molecule has 0 bridgehead atoms. The Morgan fingerprint density at radius 1 is 1.37 bits per heavy atom. The summed E-state index contributed by atoms with van der Waals surface area (Å²) in [6.07, 6.45) is -0.803. The number of hydrogen-bond donors (Lipinski definition) is 0. The zero-order valence-electron chi connectivity index (χ0n) is 10.7. The molecule has 7 nitrogen and oxygen atoms in total. The van der Waals surface area contributed by atoms with Gasteiger partial charge in [0.2, 0.25) is 0 Å². The van der Waals surface area contributed by atoms with Crippen molar-refractivity contribution in [3.05, 3.63) is 33.9 Å². The van der Waals surface area contributed by atoms with Crippen molar-refractivity contribution in [2.45, 2.75) is 20.0 Å². The Kier molecular flexibility index (Phi) is 4.57. The number of rotatable bonds is 5. The lowest BCUT2D eigenvalue weighted by Gasteiger charge is -2.12. The fourth-order valence-electron chi connectivity index (χ4n) is 1.28. The molecule has 19 heavy (non-hydrogen) atoms. The third-order valence-electron chi connectivity index (χ3n) is 2.45. The second kappa shape index (κ2) is 5.94. The van der Waals surface area contributed by atoms with Gasteiger partial charge in [-0.25, -0.2) is 4.79 Å². The molecule has 7 heteroatoms. The van der Waals surface area contributed by atoms with E-state index in [2.05, 4.69) is 4.74 Å². The van der Waals surface area contributed by atoms with Crippen molar-refractivity contribution in [1.29, 1.82) is 0 Å². The van der Waals surface area contributed by atoms with Gasteiger partial charge >= 0.3 is 11.7 Å². The van der Waals surface area contributed by atoms with Crippen LogP contribution in [0.2, 0.25) is 0 Å². The Morgan fingerprint density at radius 2 is 2.00 bits per heavy atom. The maximum atomic E-state index is 11.3. The van der Waals surface area contributed by atoms with Crippen LogP contribution in [0.1, 0.15) is 24.2 Å². The molecule has 0 aliphatic rings. The number of esters is 1. The molecule has 0 spiro atoms. The Bertz CT molecular complexity index is 525. The molecule has 1 aromatic rings. The number of nitro groups is 1. The molecule has 1 atom stereocenters. The normalized spacial score (nSPS) is 11.5. The van der Waals surface area contributed by atoms with Crippen LogP contribution in [-0.2, 0) is 9.53 Å². The van der Waals surface area contributed by atoms with E-state index in [9.17, 15) is 19.7 Å². The van der Waals surface area contributed by atoms with E-state index >= 15 is 0 Å². The molecule has 0 aliphatic carbocycles. The van der Waals surface area contributed by atoms with Gasteiger partial charge in [0.15, 0.2) is 17.6 Å². The lowest BCUT2D eigenvalue weighted by molar-refractivity contribution is -0.386. The molecule has 102 valence electrons. The third-order valence-corrected chi connectivity index (χ3v) is 2.45. The highest BCUT2D eigenvalue weighted by Gasteiger charge is 2.21. The Balaban J connectivity index is 3.15. The zero-order chi connectivity index (χ0) is 14.6. The molecule has 0 fully saturated rings. The van der Waals surface area contributed by atoms with Crippen LogP contribution in [-0.4, -0.2) is 29.9 Å². The molecule has 0 N–H and O–H groups in total. The number of nitrogens with zero attached hydrogens (tertiary/aromatic N) is 1. The minimum atomic E-state index is -0.803. The van der Waals surface area contributed by atoms with Gasteiger partial charge < -0.3 is 9.47 Å². The number of carbonyl (C=O) groups excluding carboxylic acids is 2. The molecule has 1 rings (SSSR count). The quantitative estimate of drug-likeness (QED) is 0.458. The summed E-state index contributed by atoms with van der Waals surface area (Å²) < 4.78 is 9.67. The van der Waals surface area contributed by atoms with Crippen LogP contribution in [0, 0.1) is 10.1 Å². The van der Waals surface area contributed by atoms with Crippen LogP contribution >= 0.6 is 0 Å². The molecule has 0 aromatic heterocycles. The maximum Gasteiger partial charge on any atom is 0.338 e. The van der Waals surface area contributed by atoms with Gasteiger partial charge in [-0.2, -0.15) is 0 Å². The number of hydrogen-bond acceptors (Lipinski definition) is 6. The average molecular weight is 267 g/mol. The smallest absolute Gasteiger partial charge is 0.338 e. The first kappa shape index (κ1) is 14.6. The second-order valence-corrected chi connectivity index (χ2v) is 3.80. The van der Waals surface area contributed by atoms with Gasteiger partial charge in [-0.15, -0.1) is 0 Å². The first-order valence-corrected chi connectivity index (χ1v) is 5.40. The van der Waals surface area contributed by atoms with Crippen molar-refractivity contribution in [3.63, 3.8) is 0 Å². The van der Waals surface area contributed by atoms with Crippen molar-refractivity contribution in [3.8, 4) is 5.75 Å². The van der Waals surface area contributed by atoms with Crippen molar-refractivity contribution in [2.24, 2.45) is 0 Å². The highest BCUT2D eigenvalue weighted by molar-refractivity contribution is 5.90. The van der Waals surface area contributed by atoms with E-state index in [1.165, 1.54) is 33.1 Å². The number of methoxy groups -OCH3 is 1. The lowest BCUT2D eigenvalue weighted by Crippen LogP contribution is -2.21. The maximum absolute atomic E-state index is 11.3. The molecule has 0 amide bonds. The fourth-order valence-corrected chi connectivity index (χ4v) is 1.28. The minimum Gasteiger partial charge on any atom is -0.476 e. The van der Waals surface area contributed by atoms with Crippen molar-refractivity contribution in [2.75, 3.05) is 7.11 Å². The minimum absolute atomic E-state index is 0.0389. The van der Waals surface area contributed by atoms with Gasteiger partial charge in [-0.3, -0.25) is 14.9 Å². The molecule has 0 saturated carbocycles. The van der Waals surface area contributed by atoms with Gasteiger partial charge in [0.1, 0.15) is 0 Å². The van der Waals surface area contributed by atoms with Gasteiger partial charge in [-0.05, 0) is 26.0 Å². The fraction of sp³-hybridized carbons (Fsp3) is 0.333. The molecular formula is C12H13NO6. The number of Topliss-reactive ketones (excluding diaryl/α,β-unsaturated/α-hetero) is 1. The number of nitro benzene ring substituents is 1. The van der Waals surface area contributed by atoms with Crippen LogP contribution in [0.15, 0.2) is 18.2 Å². The highest BCUT2D eigenvalue weighted by Crippen LogP contribution is 2.29. The average Bonchev–Trinajstić information content (AvgIpc) is 2.37. The van der Waals surface area contributed by atoms with Crippen LogP contribution in [0.25, 0.3) is 0 Å². The van der Waals surface area contributed by atoms with Gasteiger partial charge in [-0.1, -0.05) is 0 Å². The van der Waals surface area contributed by atoms with Crippen molar-refractivity contribution in [1.82, 2.24) is 0 Å². The van der Waals surface area contributed by atoms with E-state index < -0.39 is 22.7 Å². The summed E-state index contributed by atoms with van der Waals surface area (Å²) in [5, 5.41) is 10.9. The molecule has 0 heterocycles. The number of benzene rings is 1. The predicted octanol–water partition coefficient (Wildman–Crippen LogP) is 1.74. The summed E-state index contributed by atoms with van der Waals surface area (Å²) in [5.41, 5.74) is -0.354. The first-order valence-electron chi connectivity index (χ1n) is 5.40. The van der Waals surface area contributed by atoms with Crippen LogP contribution in [0.3, 0.4) is 0 Å². The predicted molar refractivity (Wildman–Crippen MR) is 65.2 cm³/mol. The highest BCUT2D eigenvalue weighted by atomic mass is 16.6. The van der Waals surface area contributed by atoms with Gasteiger partial charge in [0.05, 0.1) is 17.6 Å². The number of carbonyl (C=O) groups is 2. The topological polar surface area (TPSA) is 95.7 Å². The molecular weight excluding hydrogens is 254 g/mol. The Hall–Kier alpha value is -2.44.